The van der Waals surface area contributed by atoms with Gasteiger partial charge in [-0.05, 0) is 91.1 Å². The number of hydrogen-bond acceptors (Lipinski definition) is 0. The summed E-state index contributed by atoms with van der Waals surface area (Å²) in [7, 11) is 0. The van der Waals surface area contributed by atoms with E-state index in [1.54, 1.807) is 5.57 Å². The fourth-order valence-electron chi connectivity index (χ4n) is 4.67. The highest BCUT2D eigenvalue weighted by molar-refractivity contribution is 5.91. The zero-order chi connectivity index (χ0) is 18.1. The molecule has 1 aliphatic rings. The van der Waals surface area contributed by atoms with Crippen LogP contribution in [0.2, 0.25) is 0 Å². The van der Waals surface area contributed by atoms with Crippen LogP contribution in [-0.4, -0.2) is 0 Å². The molecule has 1 saturated carbocycles. The van der Waals surface area contributed by atoms with Gasteiger partial charge in [-0.15, -0.1) is 0 Å². The van der Waals surface area contributed by atoms with Gasteiger partial charge >= 0.3 is 0 Å². The van der Waals surface area contributed by atoms with Gasteiger partial charge in [-0.3, -0.25) is 0 Å². The molecule has 0 heterocycles. The largest absolute Gasteiger partial charge is 0.0617 e. The van der Waals surface area contributed by atoms with Gasteiger partial charge in [-0.25, -0.2) is 0 Å². The maximum absolute atomic E-state index is 2.39. The molecule has 3 aromatic rings. The van der Waals surface area contributed by atoms with Crippen molar-refractivity contribution in [3.8, 4) is 0 Å². The van der Waals surface area contributed by atoms with Crippen LogP contribution in [0.25, 0.3) is 16.3 Å². The molecule has 0 atom stereocenters. The molecule has 0 nitrogen and oxygen atoms in total. The average molecular weight is 341 g/mol. The van der Waals surface area contributed by atoms with E-state index in [0.717, 1.165) is 0 Å². The molecule has 0 aromatic heterocycles. The Balaban J connectivity index is 1.97. The van der Waals surface area contributed by atoms with Gasteiger partial charge in [0.15, 0.2) is 0 Å². The van der Waals surface area contributed by atoms with Crippen LogP contribution in [0, 0.1) is 20.8 Å². The first-order valence-corrected chi connectivity index (χ1v) is 9.93. The number of hydrogen-bond donors (Lipinski definition) is 0. The van der Waals surface area contributed by atoms with Crippen molar-refractivity contribution in [3.63, 3.8) is 0 Å². The maximum Gasteiger partial charge on any atom is -0.0114 e. The van der Waals surface area contributed by atoms with E-state index in [9.17, 15) is 0 Å². The highest BCUT2D eigenvalue weighted by Gasteiger charge is 2.18. The Bertz CT molecular complexity index is 957. The molecule has 0 aliphatic heterocycles. The number of benzene rings is 3. The molecule has 0 N–H and O–H groups in total. The average Bonchev–Trinajstić information content (AvgIpc) is 2.65. The van der Waals surface area contributed by atoms with Crippen molar-refractivity contribution in [2.75, 3.05) is 0 Å². The van der Waals surface area contributed by atoms with Crippen LogP contribution in [0.3, 0.4) is 0 Å². The lowest BCUT2D eigenvalue weighted by atomic mass is 9.81. The Kier molecular flexibility index (Phi) is 4.68. The van der Waals surface area contributed by atoms with Crippen molar-refractivity contribution in [1.29, 1.82) is 0 Å². The molecule has 0 spiro atoms. The van der Waals surface area contributed by atoms with Crippen molar-refractivity contribution < 1.29 is 0 Å². The summed E-state index contributed by atoms with van der Waals surface area (Å²) in [5.41, 5.74) is 10.2. The van der Waals surface area contributed by atoms with Gasteiger partial charge in [0.05, 0.1) is 0 Å². The van der Waals surface area contributed by atoms with Crippen molar-refractivity contribution in [2.45, 2.75) is 52.9 Å². The summed E-state index contributed by atoms with van der Waals surface area (Å²) in [4.78, 5) is 0. The molecule has 1 fully saturated rings. The molecular weight excluding hydrogens is 312 g/mol. The number of aryl methyl sites for hydroxylation is 3. The van der Waals surface area contributed by atoms with Crippen molar-refractivity contribution in [3.05, 3.63) is 88.0 Å². The molecule has 0 heteroatoms. The van der Waals surface area contributed by atoms with E-state index >= 15 is 0 Å². The first-order chi connectivity index (χ1) is 12.6. The van der Waals surface area contributed by atoms with Crippen molar-refractivity contribution in [1.82, 2.24) is 0 Å². The van der Waals surface area contributed by atoms with Crippen LogP contribution in [0.1, 0.15) is 59.9 Å². The van der Waals surface area contributed by atoms with Gasteiger partial charge < -0.3 is 0 Å². The Morgan fingerprint density at radius 3 is 2.04 bits per heavy atom. The molecule has 26 heavy (non-hydrogen) atoms. The first-order valence-electron chi connectivity index (χ1n) is 9.93. The SMILES string of the molecule is Cc1cc(C)c(C(=C2CCCCC2)c2ccc3ccccc3c2)c(C)c1. The van der Waals surface area contributed by atoms with E-state index in [0.29, 0.717) is 0 Å². The van der Waals surface area contributed by atoms with E-state index in [2.05, 4.69) is 75.4 Å². The molecule has 0 bridgehead atoms. The molecular formula is C26H28. The normalized spacial score (nSPS) is 14.7. The second-order valence-corrected chi connectivity index (χ2v) is 7.87. The third-order valence-electron chi connectivity index (χ3n) is 5.78. The zero-order valence-electron chi connectivity index (χ0n) is 16.2. The second kappa shape index (κ2) is 7.11. The Morgan fingerprint density at radius 2 is 1.35 bits per heavy atom. The summed E-state index contributed by atoms with van der Waals surface area (Å²) in [6, 6.07) is 20.4. The standard InChI is InChI=1S/C26H28/c1-18-15-19(2)25(20(3)16-18)26(22-10-5-4-6-11-22)24-14-13-21-9-7-8-12-23(21)17-24/h7-9,12-17H,4-6,10-11H2,1-3H3. The predicted molar refractivity (Wildman–Crippen MR) is 114 cm³/mol. The molecule has 0 unspecified atom stereocenters. The minimum atomic E-state index is 1.24. The summed E-state index contributed by atoms with van der Waals surface area (Å²) < 4.78 is 0. The van der Waals surface area contributed by atoms with Crippen LogP contribution in [0.15, 0.2) is 60.2 Å². The fraction of sp³-hybridized carbons (Fsp3) is 0.308. The van der Waals surface area contributed by atoms with E-state index < -0.39 is 0 Å². The third kappa shape index (κ3) is 3.21. The highest BCUT2D eigenvalue weighted by Crippen LogP contribution is 2.38. The summed E-state index contributed by atoms with van der Waals surface area (Å²) in [6.07, 6.45) is 6.52. The number of fused-ring (bicyclic) bond motifs is 1. The van der Waals surface area contributed by atoms with E-state index in [1.165, 1.54) is 76.3 Å². The summed E-state index contributed by atoms with van der Waals surface area (Å²) >= 11 is 0. The first kappa shape index (κ1) is 17.1. The minimum absolute atomic E-state index is 1.24. The summed E-state index contributed by atoms with van der Waals surface area (Å²) in [5.74, 6) is 0. The van der Waals surface area contributed by atoms with Crippen molar-refractivity contribution >= 4 is 16.3 Å². The van der Waals surface area contributed by atoms with E-state index in [4.69, 9.17) is 0 Å². The lowest BCUT2D eigenvalue weighted by molar-refractivity contribution is 0.601. The number of rotatable bonds is 2. The molecule has 0 saturated heterocycles. The zero-order valence-corrected chi connectivity index (χ0v) is 16.2. The van der Waals surface area contributed by atoms with E-state index in [-0.39, 0.29) is 0 Å². The Hall–Kier alpha value is -2.34. The lowest BCUT2D eigenvalue weighted by Gasteiger charge is -2.23. The van der Waals surface area contributed by atoms with Gasteiger partial charge in [0, 0.05) is 0 Å². The molecule has 1 aliphatic carbocycles. The van der Waals surface area contributed by atoms with Gasteiger partial charge in [0.25, 0.3) is 0 Å². The quantitative estimate of drug-likeness (QED) is 0.452. The Labute approximate surface area is 157 Å². The summed E-state index contributed by atoms with van der Waals surface area (Å²) in [5, 5.41) is 2.66. The highest BCUT2D eigenvalue weighted by atomic mass is 14.2. The third-order valence-corrected chi connectivity index (χ3v) is 5.78. The Morgan fingerprint density at radius 1 is 0.692 bits per heavy atom. The molecule has 3 aromatic carbocycles. The minimum Gasteiger partial charge on any atom is -0.0617 e. The second-order valence-electron chi connectivity index (χ2n) is 7.87. The van der Waals surface area contributed by atoms with Gasteiger partial charge in [-0.2, -0.15) is 0 Å². The predicted octanol–water partition coefficient (Wildman–Crippen LogP) is 7.53. The van der Waals surface area contributed by atoms with Crippen LogP contribution in [0.5, 0.6) is 0 Å². The van der Waals surface area contributed by atoms with Gasteiger partial charge in [0.2, 0.25) is 0 Å². The van der Waals surface area contributed by atoms with Crippen LogP contribution in [-0.2, 0) is 0 Å². The summed E-state index contributed by atoms with van der Waals surface area (Å²) in [6.45, 7) is 6.76. The van der Waals surface area contributed by atoms with Crippen molar-refractivity contribution in [2.24, 2.45) is 0 Å². The van der Waals surface area contributed by atoms with Gasteiger partial charge in [-0.1, -0.05) is 66.1 Å². The maximum atomic E-state index is 2.39. The van der Waals surface area contributed by atoms with E-state index in [1.807, 2.05) is 0 Å². The topological polar surface area (TPSA) is 0 Å². The molecule has 132 valence electrons. The molecule has 0 radical (unpaired) electrons. The van der Waals surface area contributed by atoms with Crippen LogP contribution >= 0.6 is 0 Å². The van der Waals surface area contributed by atoms with Gasteiger partial charge in [0.1, 0.15) is 0 Å². The molecule has 0 amide bonds. The lowest BCUT2D eigenvalue weighted by Crippen LogP contribution is -2.04. The smallest absolute Gasteiger partial charge is 0.0114 e. The van der Waals surface area contributed by atoms with Crippen LogP contribution < -0.4 is 0 Å². The molecule has 4 rings (SSSR count). The fourth-order valence-corrected chi connectivity index (χ4v) is 4.67. The van der Waals surface area contributed by atoms with Crippen LogP contribution in [0.4, 0.5) is 0 Å². The number of allylic oxidation sites excluding steroid dienone is 1. The monoisotopic (exact) mass is 340 g/mol.